The van der Waals surface area contributed by atoms with Gasteiger partial charge in [-0.25, -0.2) is 0 Å². The van der Waals surface area contributed by atoms with Gasteiger partial charge in [0.05, 0.1) is 11.0 Å². The molecule has 2 aromatic heterocycles. The Labute approximate surface area is 249 Å². The minimum absolute atomic E-state index is 0.919. The number of benzene rings is 7. The van der Waals surface area contributed by atoms with Gasteiger partial charge >= 0.3 is 0 Å². The van der Waals surface area contributed by atoms with Crippen LogP contribution in [0.3, 0.4) is 0 Å². The number of para-hydroxylation sites is 1. The summed E-state index contributed by atoms with van der Waals surface area (Å²) in [5.41, 5.74) is 11.2. The van der Waals surface area contributed by atoms with Crippen molar-refractivity contribution in [3.8, 4) is 27.9 Å². The summed E-state index contributed by atoms with van der Waals surface area (Å²) in [7, 11) is 0. The molecule has 0 amide bonds. The lowest BCUT2D eigenvalue weighted by Crippen LogP contribution is -1.95. The molecule has 0 atom stereocenters. The fraction of sp³-hybridized carbons (Fsp3) is 0.0244. The second kappa shape index (κ2) is 9.20. The molecule has 0 saturated carbocycles. The summed E-state index contributed by atoms with van der Waals surface area (Å²) in [5.74, 6) is 0. The second-order valence-electron chi connectivity index (χ2n) is 11.4. The Morgan fingerprint density at radius 3 is 2.16 bits per heavy atom. The van der Waals surface area contributed by atoms with Gasteiger partial charge in [0, 0.05) is 32.8 Å². The van der Waals surface area contributed by atoms with Gasteiger partial charge in [0.1, 0.15) is 11.2 Å². The highest BCUT2D eigenvalue weighted by molar-refractivity contribution is 6.14. The lowest BCUT2D eigenvalue weighted by atomic mass is 9.97. The van der Waals surface area contributed by atoms with Crippen molar-refractivity contribution in [3.05, 3.63) is 151 Å². The number of aryl methyl sites for hydroxylation is 1. The number of aromatic nitrogens is 1. The molecule has 0 saturated heterocycles. The number of nitrogens with zero attached hydrogens (tertiary/aromatic N) is 1. The Bertz CT molecular complexity index is 2510. The summed E-state index contributed by atoms with van der Waals surface area (Å²) in [6.07, 6.45) is 0. The molecule has 0 fully saturated rings. The van der Waals surface area contributed by atoms with E-state index in [1.54, 1.807) is 0 Å². The van der Waals surface area contributed by atoms with Crippen molar-refractivity contribution >= 4 is 54.5 Å². The molecule has 2 heterocycles. The van der Waals surface area contributed by atoms with Crippen LogP contribution in [0.1, 0.15) is 5.56 Å². The molecule has 0 unspecified atom stereocenters. The van der Waals surface area contributed by atoms with Crippen LogP contribution in [0.15, 0.2) is 150 Å². The van der Waals surface area contributed by atoms with Crippen LogP contribution in [-0.4, -0.2) is 4.57 Å². The van der Waals surface area contributed by atoms with E-state index < -0.39 is 0 Å². The molecule has 0 aliphatic heterocycles. The van der Waals surface area contributed by atoms with E-state index in [1.807, 2.05) is 0 Å². The second-order valence-corrected chi connectivity index (χ2v) is 11.4. The average Bonchev–Trinajstić information content (AvgIpc) is 3.60. The van der Waals surface area contributed by atoms with Crippen LogP contribution in [0.4, 0.5) is 0 Å². The summed E-state index contributed by atoms with van der Waals surface area (Å²) < 4.78 is 9.07. The largest absolute Gasteiger partial charge is 0.455 e. The number of furan rings is 1. The van der Waals surface area contributed by atoms with Crippen LogP contribution in [0, 0.1) is 6.92 Å². The summed E-state index contributed by atoms with van der Waals surface area (Å²) in [6, 6.07) is 52.4. The SMILES string of the molecule is Cc1cccc2oc3c(-c4ccc5ccccc5c4)cc(-n4c5ccccc5c5ccc(-c6ccccc6)cc54)cc3c12. The fourth-order valence-electron chi connectivity index (χ4n) is 6.85. The molecule has 43 heavy (non-hydrogen) atoms. The van der Waals surface area contributed by atoms with Crippen molar-refractivity contribution in [2.45, 2.75) is 6.92 Å². The topological polar surface area (TPSA) is 18.1 Å². The molecule has 0 bridgehead atoms. The molecule has 0 spiro atoms. The maximum Gasteiger partial charge on any atom is 0.143 e. The minimum atomic E-state index is 0.919. The minimum Gasteiger partial charge on any atom is -0.455 e. The first-order valence-corrected chi connectivity index (χ1v) is 14.8. The van der Waals surface area contributed by atoms with E-state index in [1.165, 1.54) is 54.7 Å². The zero-order valence-corrected chi connectivity index (χ0v) is 23.7. The van der Waals surface area contributed by atoms with Crippen molar-refractivity contribution in [2.75, 3.05) is 0 Å². The molecular weight excluding hydrogens is 522 g/mol. The Kier molecular flexibility index (Phi) is 5.15. The van der Waals surface area contributed by atoms with Crippen molar-refractivity contribution in [1.82, 2.24) is 4.57 Å². The van der Waals surface area contributed by atoms with Gasteiger partial charge in [0.2, 0.25) is 0 Å². The molecule has 0 aliphatic rings. The fourth-order valence-corrected chi connectivity index (χ4v) is 6.85. The van der Waals surface area contributed by atoms with Crippen molar-refractivity contribution < 1.29 is 4.42 Å². The van der Waals surface area contributed by atoms with Crippen LogP contribution in [-0.2, 0) is 0 Å². The van der Waals surface area contributed by atoms with Crippen LogP contribution in [0.25, 0.3) is 82.5 Å². The van der Waals surface area contributed by atoms with E-state index in [4.69, 9.17) is 4.42 Å². The van der Waals surface area contributed by atoms with Crippen LogP contribution in [0.5, 0.6) is 0 Å². The Balaban J connectivity index is 1.41. The summed E-state index contributed by atoms with van der Waals surface area (Å²) >= 11 is 0. The van der Waals surface area contributed by atoms with E-state index >= 15 is 0 Å². The molecule has 9 rings (SSSR count). The molecule has 9 aromatic rings. The maximum atomic E-state index is 6.65. The van der Waals surface area contributed by atoms with Gasteiger partial charge in [-0.2, -0.15) is 0 Å². The lowest BCUT2D eigenvalue weighted by Gasteiger charge is -2.13. The molecule has 2 nitrogen and oxygen atoms in total. The van der Waals surface area contributed by atoms with Gasteiger partial charge in [-0.3, -0.25) is 0 Å². The van der Waals surface area contributed by atoms with Gasteiger partial charge in [0.15, 0.2) is 0 Å². The highest BCUT2D eigenvalue weighted by Crippen LogP contribution is 2.42. The van der Waals surface area contributed by atoms with E-state index in [9.17, 15) is 0 Å². The zero-order chi connectivity index (χ0) is 28.5. The number of hydrogen-bond donors (Lipinski definition) is 0. The summed E-state index contributed by atoms with van der Waals surface area (Å²) in [5, 5.41) is 7.25. The highest BCUT2D eigenvalue weighted by atomic mass is 16.3. The molecule has 0 aliphatic carbocycles. The van der Waals surface area contributed by atoms with Crippen LogP contribution < -0.4 is 0 Å². The van der Waals surface area contributed by atoms with Crippen LogP contribution >= 0.6 is 0 Å². The van der Waals surface area contributed by atoms with Gasteiger partial charge in [-0.1, -0.05) is 109 Å². The zero-order valence-electron chi connectivity index (χ0n) is 23.7. The Morgan fingerprint density at radius 1 is 0.488 bits per heavy atom. The van der Waals surface area contributed by atoms with Crippen molar-refractivity contribution in [2.24, 2.45) is 0 Å². The van der Waals surface area contributed by atoms with E-state index in [0.717, 1.165) is 33.4 Å². The molecule has 202 valence electrons. The predicted octanol–water partition coefficient (Wildman–Crippen LogP) is 11.5. The predicted molar refractivity (Wildman–Crippen MR) is 181 cm³/mol. The summed E-state index contributed by atoms with van der Waals surface area (Å²) in [6.45, 7) is 2.17. The quantitative estimate of drug-likeness (QED) is 0.214. The molecule has 0 N–H and O–H groups in total. The van der Waals surface area contributed by atoms with Gasteiger partial charge in [0.25, 0.3) is 0 Å². The smallest absolute Gasteiger partial charge is 0.143 e. The average molecular weight is 550 g/mol. The van der Waals surface area contributed by atoms with E-state index in [-0.39, 0.29) is 0 Å². The van der Waals surface area contributed by atoms with Crippen molar-refractivity contribution in [3.63, 3.8) is 0 Å². The third kappa shape index (κ3) is 3.67. The van der Waals surface area contributed by atoms with Crippen LogP contribution in [0.2, 0.25) is 0 Å². The number of rotatable bonds is 3. The first kappa shape index (κ1) is 24.0. The van der Waals surface area contributed by atoms with Gasteiger partial charge in [-0.05, 0) is 76.3 Å². The van der Waals surface area contributed by atoms with Crippen molar-refractivity contribution in [1.29, 1.82) is 0 Å². The lowest BCUT2D eigenvalue weighted by molar-refractivity contribution is 0.670. The first-order valence-electron chi connectivity index (χ1n) is 14.8. The Morgan fingerprint density at radius 2 is 1.26 bits per heavy atom. The van der Waals surface area contributed by atoms with Gasteiger partial charge < -0.3 is 8.98 Å². The number of hydrogen-bond acceptors (Lipinski definition) is 1. The van der Waals surface area contributed by atoms with E-state index in [2.05, 4.69) is 157 Å². The molecule has 0 radical (unpaired) electrons. The third-order valence-corrected chi connectivity index (χ3v) is 8.89. The molecular formula is C41H27NO. The number of fused-ring (bicyclic) bond motifs is 7. The maximum absolute atomic E-state index is 6.65. The standard InChI is InChI=1S/C41H27NO/c1-26-10-9-17-39-40(26)36-25-32(24-35(41(36)43-39)31-19-18-28-13-5-6-14-29(28)22-31)42-37-16-8-7-15-33(37)34-21-20-30(23-38(34)42)27-11-3-2-4-12-27/h2-25H,1H3. The van der Waals surface area contributed by atoms with Gasteiger partial charge in [-0.15, -0.1) is 0 Å². The summed E-state index contributed by atoms with van der Waals surface area (Å²) in [4.78, 5) is 0. The molecule has 2 heteroatoms. The monoisotopic (exact) mass is 549 g/mol. The first-order chi connectivity index (χ1) is 21.2. The third-order valence-electron chi connectivity index (χ3n) is 8.89. The Hall–Kier alpha value is -5.60. The highest BCUT2D eigenvalue weighted by Gasteiger charge is 2.19. The van der Waals surface area contributed by atoms with E-state index in [0.29, 0.717) is 0 Å². The molecule has 7 aromatic carbocycles. The normalized spacial score (nSPS) is 11.8.